The van der Waals surface area contributed by atoms with Gasteiger partial charge in [-0.3, -0.25) is 4.79 Å². The van der Waals surface area contributed by atoms with Crippen molar-refractivity contribution >= 4 is 17.8 Å². The van der Waals surface area contributed by atoms with E-state index in [1.807, 2.05) is 0 Å². The number of ether oxygens (including phenoxy) is 1. The predicted molar refractivity (Wildman–Crippen MR) is 79.5 cm³/mol. The lowest BCUT2D eigenvalue weighted by Gasteiger charge is -2.05. The monoisotopic (exact) mass is 315 g/mol. The van der Waals surface area contributed by atoms with Gasteiger partial charge >= 0.3 is 6.61 Å². The molecule has 0 aliphatic heterocycles. The molecule has 1 heterocycles. The molecule has 1 aromatic carbocycles. The second-order valence-corrected chi connectivity index (χ2v) is 4.29. The maximum atomic E-state index is 12.1. The Balaban J connectivity index is 2.12. The summed E-state index contributed by atoms with van der Waals surface area (Å²) in [6.45, 7) is -2.91. The highest BCUT2D eigenvalue weighted by molar-refractivity contribution is 6.09. The molecule has 0 fully saturated rings. The van der Waals surface area contributed by atoms with Gasteiger partial charge in [-0.15, -0.1) is 0 Å². The number of nitriles is 1. The van der Waals surface area contributed by atoms with Crippen molar-refractivity contribution in [2.24, 2.45) is 0 Å². The summed E-state index contributed by atoms with van der Waals surface area (Å²) in [5.41, 5.74) is 0.359. The van der Waals surface area contributed by atoms with E-state index in [0.717, 1.165) is 0 Å². The molecule has 7 heteroatoms. The predicted octanol–water partition coefficient (Wildman–Crippen LogP) is 3.23. The van der Waals surface area contributed by atoms with E-state index in [-0.39, 0.29) is 11.3 Å². The van der Waals surface area contributed by atoms with Crippen molar-refractivity contribution in [1.82, 2.24) is 4.98 Å². The molecule has 23 heavy (non-hydrogen) atoms. The first-order chi connectivity index (χ1) is 11.1. The Morgan fingerprint density at radius 1 is 1.26 bits per heavy atom. The lowest BCUT2D eigenvalue weighted by Crippen LogP contribution is -2.14. The second kappa shape index (κ2) is 7.66. The standard InChI is InChI=1S/C16H11F2N3O2/c17-16(18)23-13-6-4-11(5-7-13)9-12(10-19)15(22)21-14-3-1-2-8-20-14/h1-9,16H,(H,20,21,22)/b12-9+. The number of pyridine rings is 1. The van der Waals surface area contributed by atoms with Crippen LogP contribution in [0.15, 0.2) is 54.2 Å². The number of carbonyl (C=O) groups excluding carboxylic acids is 1. The molecule has 0 saturated carbocycles. The summed E-state index contributed by atoms with van der Waals surface area (Å²) in [7, 11) is 0. The zero-order valence-corrected chi connectivity index (χ0v) is 11.7. The maximum absolute atomic E-state index is 12.1. The molecule has 2 rings (SSSR count). The van der Waals surface area contributed by atoms with E-state index in [1.54, 1.807) is 24.3 Å². The van der Waals surface area contributed by atoms with Crippen LogP contribution in [-0.2, 0) is 4.79 Å². The zero-order chi connectivity index (χ0) is 16.7. The minimum atomic E-state index is -2.91. The Morgan fingerprint density at radius 3 is 2.57 bits per heavy atom. The van der Waals surface area contributed by atoms with Crippen LogP contribution in [0.1, 0.15) is 5.56 Å². The number of amides is 1. The van der Waals surface area contributed by atoms with Crippen molar-refractivity contribution in [3.8, 4) is 11.8 Å². The van der Waals surface area contributed by atoms with Gasteiger partial charge in [-0.1, -0.05) is 18.2 Å². The van der Waals surface area contributed by atoms with Crippen LogP contribution in [0.4, 0.5) is 14.6 Å². The molecule has 1 amide bonds. The van der Waals surface area contributed by atoms with Crippen LogP contribution >= 0.6 is 0 Å². The number of halogens is 2. The first-order valence-corrected chi connectivity index (χ1v) is 6.47. The number of aromatic nitrogens is 1. The molecule has 0 bridgehead atoms. The lowest BCUT2D eigenvalue weighted by molar-refractivity contribution is -0.112. The van der Waals surface area contributed by atoms with Gasteiger partial charge in [0.25, 0.3) is 5.91 Å². The molecule has 0 radical (unpaired) electrons. The fourth-order valence-corrected chi connectivity index (χ4v) is 1.68. The fraction of sp³-hybridized carbons (Fsp3) is 0.0625. The maximum Gasteiger partial charge on any atom is 0.387 e. The number of benzene rings is 1. The topological polar surface area (TPSA) is 75.0 Å². The van der Waals surface area contributed by atoms with Gasteiger partial charge in [-0.2, -0.15) is 14.0 Å². The summed E-state index contributed by atoms with van der Waals surface area (Å²) in [4.78, 5) is 15.9. The van der Waals surface area contributed by atoms with Crippen LogP contribution in [0.2, 0.25) is 0 Å². The van der Waals surface area contributed by atoms with E-state index in [1.165, 1.54) is 36.5 Å². The summed E-state index contributed by atoms with van der Waals surface area (Å²) in [5.74, 6) is -0.299. The van der Waals surface area contributed by atoms with Crippen LogP contribution in [0.3, 0.4) is 0 Å². The molecule has 5 nitrogen and oxygen atoms in total. The van der Waals surface area contributed by atoms with E-state index in [0.29, 0.717) is 11.4 Å². The van der Waals surface area contributed by atoms with Gasteiger partial charge in [0, 0.05) is 6.20 Å². The highest BCUT2D eigenvalue weighted by Gasteiger charge is 2.10. The molecule has 1 N–H and O–H groups in total. The quantitative estimate of drug-likeness (QED) is 0.679. The Morgan fingerprint density at radius 2 is 2.00 bits per heavy atom. The van der Waals surface area contributed by atoms with E-state index >= 15 is 0 Å². The van der Waals surface area contributed by atoms with Crippen molar-refractivity contribution in [3.05, 3.63) is 59.8 Å². The smallest absolute Gasteiger partial charge is 0.387 e. The first-order valence-electron chi connectivity index (χ1n) is 6.47. The minimum Gasteiger partial charge on any atom is -0.435 e. The number of nitrogens with zero attached hydrogens (tertiary/aromatic N) is 2. The molecule has 0 spiro atoms. The molecular weight excluding hydrogens is 304 g/mol. The fourth-order valence-electron chi connectivity index (χ4n) is 1.68. The van der Waals surface area contributed by atoms with E-state index in [9.17, 15) is 13.6 Å². The first kappa shape index (κ1) is 16.1. The number of nitrogens with one attached hydrogen (secondary N) is 1. The Hall–Kier alpha value is -3.27. The largest absolute Gasteiger partial charge is 0.435 e. The van der Waals surface area contributed by atoms with Gasteiger partial charge in [-0.05, 0) is 35.9 Å². The van der Waals surface area contributed by atoms with Crippen molar-refractivity contribution < 1.29 is 18.3 Å². The van der Waals surface area contributed by atoms with Gasteiger partial charge in [0.1, 0.15) is 23.2 Å². The summed E-state index contributed by atoms with van der Waals surface area (Å²) < 4.78 is 28.3. The number of hydrogen-bond donors (Lipinski definition) is 1. The number of alkyl halides is 2. The van der Waals surface area contributed by atoms with Crippen molar-refractivity contribution in [2.45, 2.75) is 6.61 Å². The molecule has 1 aromatic heterocycles. The summed E-state index contributed by atoms with van der Waals surface area (Å²) in [5, 5.41) is 11.6. The van der Waals surface area contributed by atoms with E-state index in [4.69, 9.17) is 5.26 Å². The number of carbonyl (C=O) groups is 1. The van der Waals surface area contributed by atoms with Crippen LogP contribution in [-0.4, -0.2) is 17.5 Å². The van der Waals surface area contributed by atoms with Gasteiger partial charge < -0.3 is 10.1 Å². The SMILES string of the molecule is N#C/C(=C\c1ccc(OC(F)F)cc1)C(=O)Nc1ccccn1. The van der Waals surface area contributed by atoms with Crippen LogP contribution in [0, 0.1) is 11.3 Å². The van der Waals surface area contributed by atoms with Gasteiger partial charge in [0.15, 0.2) is 0 Å². The molecule has 2 aromatic rings. The third kappa shape index (κ3) is 4.89. The lowest BCUT2D eigenvalue weighted by atomic mass is 10.1. The Kier molecular flexibility index (Phi) is 5.36. The average molecular weight is 315 g/mol. The summed E-state index contributed by atoms with van der Waals surface area (Å²) in [6.07, 6.45) is 2.84. The Labute approximate surface area is 130 Å². The van der Waals surface area contributed by atoms with Gasteiger partial charge in [0.05, 0.1) is 0 Å². The number of rotatable bonds is 5. The van der Waals surface area contributed by atoms with Crippen molar-refractivity contribution in [3.63, 3.8) is 0 Å². The van der Waals surface area contributed by atoms with Crippen LogP contribution < -0.4 is 10.1 Å². The minimum absolute atomic E-state index is 0.00593. The molecule has 0 unspecified atom stereocenters. The van der Waals surface area contributed by atoms with Crippen LogP contribution in [0.25, 0.3) is 6.08 Å². The zero-order valence-electron chi connectivity index (χ0n) is 11.7. The Bertz CT molecular complexity index is 738. The van der Waals surface area contributed by atoms with E-state index < -0.39 is 12.5 Å². The molecule has 0 aliphatic rings. The highest BCUT2D eigenvalue weighted by atomic mass is 19.3. The molecule has 0 aliphatic carbocycles. The van der Waals surface area contributed by atoms with Crippen LogP contribution in [0.5, 0.6) is 5.75 Å². The molecule has 116 valence electrons. The third-order valence-electron chi connectivity index (χ3n) is 2.69. The number of anilines is 1. The summed E-state index contributed by atoms with van der Waals surface area (Å²) >= 11 is 0. The molecule has 0 saturated heterocycles. The van der Waals surface area contributed by atoms with Crippen molar-refractivity contribution in [2.75, 3.05) is 5.32 Å². The molecular formula is C16H11F2N3O2. The number of hydrogen-bond acceptors (Lipinski definition) is 4. The summed E-state index contributed by atoms with van der Waals surface area (Å²) in [6, 6.07) is 12.3. The van der Waals surface area contributed by atoms with E-state index in [2.05, 4.69) is 15.0 Å². The normalized spacial score (nSPS) is 11.0. The van der Waals surface area contributed by atoms with Crippen molar-refractivity contribution in [1.29, 1.82) is 5.26 Å². The average Bonchev–Trinajstić information content (AvgIpc) is 2.54. The third-order valence-corrected chi connectivity index (χ3v) is 2.69. The highest BCUT2D eigenvalue weighted by Crippen LogP contribution is 2.17. The second-order valence-electron chi connectivity index (χ2n) is 4.29. The van der Waals surface area contributed by atoms with Gasteiger partial charge in [-0.25, -0.2) is 4.98 Å². The molecule has 0 atom stereocenters. The van der Waals surface area contributed by atoms with Gasteiger partial charge in [0.2, 0.25) is 0 Å².